The van der Waals surface area contributed by atoms with Gasteiger partial charge < -0.3 is 4.90 Å². The number of hydrogen-bond donors (Lipinski definition) is 0. The molecule has 0 N–H and O–H groups in total. The summed E-state index contributed by atoms with van der Waals surface area (Å²) in [6.07, 6.45) is 4.37. The van der Waals surface area contributed by atoms with E-state index >= 15 is 0 Å². The van der Waals surface area contributed by atoms with E-state index in [1.807, 2.05) is 35.8 Å². The second-order valence-electron chi connectivity index (χ2n) is 5.81. The number of aryl methyl sites for hydroxylation is 2. The smallest absolute Gasteiger partial charge is 0.224 e. The van der Waals surface area contributed by atoms with Crippen molar-refractivity contribution in [2.45, 2.75) is 38.8 Å². The van der Waals surface area contributed by atoms with Crippen LogP contribution >= 0.6 is 0 Å². The van der Waals surface area contributed by atoms with E-state index in [1.54, 1.807) is 0 Å². The van der Waals surface area contributed by atoms with Crippen LogP contribution in [0.4, 0.5) is 0 Å². The summed E-state index contributed by atoms with van der Waals surface area (Å²) >= 11 is 0. The van der Waals surface area contributed by atoms with Crippen LogP contribution in [0.5, 0.6) is 0 Å². The summed E-state index contributed by atoms with van der Waals surface area (Å²) in [5.74, 6) is 0.195. The van der Waals surface area contributed by atoms with Crippen LogP contribution in [0.15, 0.2) is 36.5 Å². The maximum atomic E-state index is 12.3. The first-order valence-corrected chi connectivity index (χ1v) is 7.46. The molecule has 0 unspecified atom stereocenters. The number of hydrogen-bond acceptors (Lipinski definition) is 2. The van der Waals surface area contributed by atoms with Crippen LogP contribution in [0.25, 0.3) is 0 Å². The predicted octanol–water partition coefficient (Wildman–Crippen LogP) is 2.21. The first kappa shape index (κ1) is 13.9. The first-order valence-electron chi connectivity index (χ1n) is 7.46. The topological polar surface area (TPSA) is 38.1 Å². The van der Waals surface area contributed by atoms with Crippen molar-refractivity contribution in [1.29, 1.82) is 0 Å². The number of amides is 1. The van der Waals surface area contributed by atoms with Gasteiger partial charge in [0.1, 0.15) is 0 Å². The molecule has 0 radical (unpaired) electrons. The van der Waals surface area contributed by atoms with Crippen LogP contribution in [-0.4, -0.2) is 33.7 Å². The van der Waals surface area contributed by atoms with Gasteiger partial charge in [0, 0.05) is 32.3 Å². The van der Waals surface area contributed by atoms with Gasteiger partial charge in [-0.15, -0.1) is 0 Å². The molecule has 1 aromatic carbocycles. The van der Waals surface area contributed by atoms with Gasteiger partial charge >= 0.3 is 0 Å². The number of carbonyl (C=O) groups excluding carboxylic acids is 1. The third kappa shape index (κ3) is 2.99. The zero-order chi connectivity index (χ0) is 14.8. The van der Waals surface area contributed by atoms with Gasteiger partial charge in [-0.2, -0.15) is 5.10 Å². The molecular weight excluding hydrogens is 262 g/mol. The van der Waals surface area contributed by atoms with Crippen molar-refractivity contribution in [3.05, 3.63) is 53.3 Å². The molecule has 0 fully saturated rings. The Morgan fingerprint density at radius 1 is 1.29 bits per heavy atom. The number of carbonyl (C=O) groups is 1. The molecule has 110 valence electrons. The van der Waals surface area contributed by atoms with Crippen molar-refractivity contribution in [2.24, 2.45) is 0 Å². The molecule has 0 bridgehead atoms. The maximum absolute atomic E-state index is 12.3. The Morgan fingerprint density at radius 2 is 1.95 bits per heavy atom. The SMILES string of the molecule is Cc1ccn(CCC(=O)N(C)C2Cc3ccccc3C2)n1. The molecule has 1 aliphatic carbocycles. The number of nitrogens with zero attached hydrogens (tertiary/aromatic N) is 3. The summed E-state index contributed by atoms with van der Waals surface area (Å²) < 4.78 is 1.84. The quantitative estimate of drug-likeness (QED) is 0.863. The van der Waals surface area contributed by atoms with Crippen LogP contribution in [0, 0.1) is 6.92 Å². The molecule has 0 spiro atoms. The highest BCUT2D eigenvalue weighted by atomic mass is 16.2. The van der Waals surface area contributed by atoms with Crippen LogP contribution < -0.4 is 0 Å². The maximum Gasteiger partial charge on any atom is 0.224 e. The molecule has 4 nitrogen and oxygen atoms in total. The summed E-state index contributed by atoms with van der Waals surface area (Å²) in [7, 11) is 1.92. The molecule has 4 heteroatoms. The van der Waals surface area contributed by atoms with E-state index in [1.165, 1.54) is 11.1 Å². The second kappa shape index (κ2) is 5.72. The van der Waals surface area contributed by atoms with Crippen LogP contribution in [0.3, 0.4) is 0 Å². The first-order chi connectivity index (χ1) is 10.1. The molecule has 3 rings (SSSR count). The third-order valence-corrected chi connectivity index (χ3v) is 4.30. The van der Waals surface area contributed by atoms with Gasteiger partial charge in [-0.1, -0.05) is 24.3 Å². The Hall–Kier alpha value is -2.10. The van der Waals surface area contributed by atoms with Crippen LogP contribution in [0.1, 0.15) is 23.2 Å². The number of rotatable bonds is 4. The lowest BCUT2D eigenvalue weighted by atomic mass is 10.1. The minimum Gasteiger partial charge on any atom is -0.342 e. The van der Waals surface area contributed by atoms with Gasteiger partial charge in [0.05, 0.1) is 5.69 Å². The van der Waals surface area contributed by atoms with Crippen LogP contribution in [0.2, 0.25) is 0 Å². The van der Waals surface area contributed by atoms with Gasteiger partial charge in [-0.3, -0.25) is 9.48 Å². The fourth-order valence-electron chi connectivity index (χ4n) is 2.99. The molecule has 21 heavy (non-hydrogen) atoms. The fourth-order valence-corrected chi connectivity index (χ4v) is 2.99. The third-order valence-electron chi connectivity index (χ3n) is 4.30. The molecule has 0 saturated heterocycles. The Balaban J connectivity index is 1.56. The number of fused-ring (bicyclic) bond motifs is 1. The van der Waals surface area contributed by atoms with Crippen molar-refractivity contribution >= 4 is 5.91 Å². The van der Waals surface area contributed by atoms with Crippen molar-refractivity contribution in [1.82, 2.24) is 14.7 Å². The van der Waals surface area contributed by atoms with Crippen molar-refractivity contribution < 1.29 is 4.79 Å². The second-order valence-corrected chi connectivity index (χ2v) is 5.81. The number of aromatic nitrogens is 2. The summed E-state index contributed by atoms with van der Waals surface area (Å²) in [6, 6.07) is 10.7. The van der Waals surface area contributed by atoms with E-state index in [0.717, 1.165) is 18.5 Å². The van der Waals surface area contributed by atoms with Gasteiger partial charge in [-0.05, 0) is 37.0 Å². The lowest BCUT2D eigenvalue weighted by Gasteiger charge is -2.24. The Labute approximate surface area is 125 Å². The average Bonchev–Trinajstić information content (AvgIpc) is 3.09. The predicted molar refractivity (Wildman–Crippen MR) is 82.0 cm³/mol. The Kier molecular flexibility index (Phi) is 3.78. The highest BCUT2D eigenvalue weighted by Crippen LogP contribution is 2.25. The van der Waals surface area contributed by atoms with Crippen molar-refractivity contribution in [3.63, 3.8) is 0 Å². The van der Waals surface area contributed by atoms with Gasteiger partial charge in [0.25, 0.3) is 0 Å². The molecule has 1 aliphatic rings. The summed E-state index contributed by atoms with van der Waals surface area (Å²) in [5.41, 5.74) is 3.75. The number of benzene rings is 1. The molecule has 0 atom stereocenters. The fraction of sp³-hybridized carbons (Fsp3) is 0.412. The van der Waals surface area contributed by atoms with Crippen molar-refractivity contribution in [3.8, 4) is 0 Å². The van der Waals surface area contributed by atoms with E-state index in [-0.39, 0.29) is 5.91 Å². The van der Waals surface area contributed by atoms with E-state index < -0.39 is 0 Å². The summed E-state index contributed by atoms with van der Waals surface area (Å²) in [6.45, 7) is 2.61. The van der Waals surface area contributed by atoms with Crippen molar-refractivity contribution in [2.75, 3.05) is 7.05 Å². The summed E-state index contributed by atoms with van der Waals surface area (Å²) in [4.78, 5) is 14.3. The van der Waals surface area contributed by atoms with Gasteiger partial charge in [0.2, 0.25) is 5.91 Å². The van der Waals surface area contributed by atoms with E-state index in [4.69, 9.17) is 0 Å². The zero-order valence-electron chi connectivity index (χ0n) is 12.6. The van der Waals surface area contributed by atoms with E-state index in [0.29, 0.717) is 19.0 Å². The van der Waals surface area contributed by atoms with Gasteiger partial charge in [-0.25, -0.2) is 0 Å². The average molecular weight is 283 g/mol. The van der Waals surface area contributed by atoms with E-state index in [9.17, 15) is 4.79 Å². The Morgan fingerprint density at radius 3 is 2.52 bits per heavy atom. The summed E-state index contributed by atoms with van der Waals surface area (Å²) in [5, 5.41) is 4.32. The zero-order valence-corrected chi connectivity index (χ0v) is 12.6. The highest BCUT2D eigenvalue weighted by Gasteiger charge is 2.26. The lowest BCUT2D eigenvalue weighted by molar-refractivity contribution is -0.132. The van der Waals surface area contributed by atoms with Crippen LogP contribution in [-0.2, 0) is 24.2 Å². The molecule has 1 aromatic heterocycles. The molecule has 0 aliphatic heterocycles. The largest absolute Gasteiger partial charge is 0.342 e. The minimum absolute atomic E-state index is 0.195. The monoisotopic (exact) mass is 283 g/mol. The minimum atomic E-state index is 0.195. The molecule has 1 amide bonds. The molecule has 2 aromatic rings. The Bertz CT molecular complexity index is 622. The molecule has 0 saturated carbocycles. The standard InChI is InChI=1S/C17H21N3O/c1-13-7-9-20(18-13)10-8-17(21)19(2)16-11-14-5-3-4-6-15(14)12-16/h3-7,9,16H,8,10-12H2,1-2H3. The van der Waals surface area contributed by atoms with Gasteiger partial charge in [0.15, 0.2) is 0 Å². The normalized spacial score (nSPS) is 14.2. The molecular formula is C17H21N3O. The highest BCUT2D eigenvalue weighted by molar-refractivity contribution is 5.76. The van der Waals surface area contributed by atoms with E-state index in [2.05, 4.69) is 29.4 Å². The lowest BCUT2D eigenvalue weighted by Crippen LogP contribution is -2.38. The number of likely N-dealkylation sites (N-methyl/N-ethyl adjacent to an activating group) is 1. The molecule has 1 heterocycles.